The van der Waals surface area contributed by atoms with Crippen LogP contribution in [0.5, 0.6) is 0 Å². The van der Waals surface area contributed by atoms with Crippen molar-refractivity contribution >= 4 is 52.0 Å². The first-order valence-corrected chi connectivity index (χ1v) is 9.49. The summed E-state index contributed by atoms with van der Waals surface area (Å²) in [6, 6.07) is 8.31. The topological polar surface area (TPSA) is 66.5 Å². The fourth-order valence-corrected chi connectivity index (χ4v) is 4.23. The van der Waals surface area contributed by atoms with Gasteiger partial charge in [-0.2, -0.15) is 0 Å². The Morgan fingerprint density at radius 1 is 1.12 bits per heavy atom. The van der Waals surface area contributed by atoms with Gasteiger partial charge in [-0.3, -0.25) is 14.4 Å². The number of imide groups is 1. The van der Waals surface area contributed by atoms with E-state index in [0.29, 0.717) is 29.1 Å². The number of fused-ring (bicyclic) bond motifs is 1. The van der Waals surface area contributed by atoms with E-state index in [-0.39, 0.29) is 34.6 Å². The SMILES string of the molecule is O=C(Nc1ccc(N2C(=O)C3CC=CCC3C2=O)cc1Cl)c1cccs1. The predicted octanol–water partition coefficient (Wildman–Crippen LogP) is 4.11. The normalized spacial score (nSPS) is 21.8. The molecular weight excluding hydrogens is 372 g/mol. The molecule has 2 heterocycles. The Kier molecular flexibility index (Phi) is 4.38. The molecule has 3 amide bonds. The van der Waals surface area contributed by atoms with Crippen LogP contribution >= 0.6 is 22.9 Å². The number of benzene rings is 1. The number of anilines is 2. The lowest BCUT2D eigenvalue weighted by atomic mass is 9.85. The van der Waals surface area contributed by atoms with Crippen molar-refractivity contribution in [2.75, 3.05) is 10.2 Å². The van der Waals surface area contributed by atoms with Gasteiger partial charge in [0, 0.05) is 0 Å². The summed E-state index contributed by atoms with van der Waals surface area (Å²) in [7, 11) is 0. The number of rotatable bonds is 3. The van der Waals surface area contributed by atoms with Crippen molar-refractivity contribution in [1.29, 1.82) is 0 Å². The molecule has 1 aromatic carbocycles. The molecule has 2 atom stereocenters. The molecule has 0 bridgehead atoms. The minimum Gasteiger partial charge on any atom is -0.320 e. The van der Waals surface area contributed by atoms with Gasteiger partial charge in [0.05, 0.1) is 33.1 Å². The highest BCUT2D eigenvalue weighted by atomic mass is 35.5. The van der Waals surface area contributed by atoms with Crippen LogP contribution in [0, 0.1) is 11.8 Å². The Labute approximate surface area is 159 Å². The van der Waals surface area contributed by atoms with Gasteiger partial charge in [-0.25, -0.2) is 4.90 Å². The van der Waals surface area contributed by atoms with Crippen LogP contribution in [0.15, 0.2) is 47.9 Å². The molecule has 4 rings (SSSR count). The number of carbonyl (C=O) groups is 3. The summed E-state index contributed by atoms with van der Waals surface area (Å²) < 4.78 is 0. The molecule has 1 aromatic heterocycles. The van der Waals surface area contributed by atoms with Crippen LogP contribution in [0.3, 0.4) is 0 Å². The Morgan fingerprint density at radius 2 is 1.81 bits per heavy atom. The summed E-state index contributed by atoms with van der Waals surface area (Å²) >= 11 is 7.62. The van der Waals surface area contributed by atoms with Crippen LogP contribution in [0.4, 0.5) is 11.4 Å². The summed E-state index contributed by atoms with van der Waals surface area (Å²) in [6.45, 7) is 0. The first-order valence-electron chi connectivity index (χ1n) is 8.23. The summed E-state index contributed by atoms with van der Waals surface area (Å²) in [5, 5.41) is 4.84. The first kappa shape index (κ1) is 17.0. The van der Waals surface area contributed by atoms with Crippen LogP contribution in [0.2, 0.25) is 5.02 Å². The second-order valence-corrected chi connectivity index (χ2v) is 7.62. The molecule has 1 aliphatic carbocycles. The number of thiophene rings is 1. The van der Waals surface area contributed by atoms with E-state index in [1.807, 2.05) is 17.5 Å². The summed E-state index contributed by atoms with van der Waals surface area (Å²) in [5.74, 6) is -1.19. The van der Waals surface area contributed by atoms with E-state index < -0.39 is 0 Å². The van der Waals surface area contributed by atoms with Crippen molar-refractivity contribution in [2.45, 2.75) is 12.8 Å². The Hall–Kier alpha value is -2.44. The van der Waals surface area contributed by atoms with Crippen molar-refractivity contribution in [3.8, 4) is 0 Å². The molecule has 7 heteroatoms. The Balaban J connectivity index is 1.57. The molecule has 26 heavy (non-hydrogen) atoms. The Bertz CT molecular complexity index is 897. The number of nitrogens with zero attached hydrogens (tertiary/aromatic N) is 1. The summed E-state index contributed by atoms with van der Waals surface area (Å²) in [4.78, 5) is 39.2. The lowest BCUT2D eigenvalue weighted by molar-refractivity contribution is -0.122. The van der Waals surface area contributed by atoms with Crippen LogP contribution in [-0.2, 0) is 9.59 Å². The van der Waals surface area contributed by atoms with Gasteiger partial charge in [-0.1, -0.05) is 29.8 Å². The summed E-state index contributed by atoms with van der Waals surface area (Å²) in [6.07, 6.45) is 5.08. The molecule has 1 fully saturated rings. The molecule has 2 aromatic rings. The zero-order valence-corrected chi connectivity index (χ0v) is 15.2. The minimum atomic E-state index is -0.288. The van der Waals surface area contributed by atoms with Crippen LogP contribution in [-0.4, -0.2) is 17.7 Å². The zero-order valence-electron chi connectivity index (χ0n) is 13.6. The third-order valence-electron chi connectivity index (χ3n) is 4.71. The third-order valence-corrected chi connectivity index (χ3v) is 5.89. The highest BCUT2D eigenvalue weighted by Crippen LogP contribution is 2.39. The lowest BCUT2D eigenvalue weighted by Crippen LogP contribution is -2.30. The molecular formula is C19H15ClN2O3S. The number of allylic oxidation sites excluding steroid dienone is 2. The maximum absolute atomic E-state index is 12.6. The highest BCUT2D eigenvalue weighted by molar-refractivity contribution is 7.12. The molecule has 1 saturated heterocycles. The van der Waals surface area contributed by atoms with Crippen molar-refractivity contribution in [3.63, 3.8) is 0 Å². The fraction of sp³-hybridized carbons (Fsp3) is 0.211. The van der Waals surface area contributed by atoms with Gasteiger partial charge in [0.2, 0.25) is 11.8 Å². The summed E-state index contributed by atoms with van der Waals surface area (Å²) in [5.41, 5.74) is 0.875. The fourth-order valence-electron chi connectivity index (χ4n) is 3.39. The molecule has 5 nitrogen and oxygen atoms in total. The molecule has 2 aliphatic rings. The number of amides is 3. The van der Waals surface area contributed by atoms with E-state index >= 15 is 0 Å². The van der Waals surface area contributed by atoms with Gasteiger partial charge < -0.3 is 5.32 Å². The largest absolute Gasteiger partial charge is 0.320 e. The van der Waals surface area contributed by atoms with Crippen molar-refractivity contribution in [1.82, 2.24) is 0 Å². The number of carbonyl (C=O) groups excluding carboxylic acids is 3. The highest BCUT2D eigenvalue weighted by Gasteiger charge is 2.47. The average Bonchev–Trinajstić information content (AvgIpc) is 3.26. The standard InChI is InChI=1S/C19H15ClN2O3S/c20-14-10-11(7-8-15(14)21-17(23)16-6-3-9-26-16)22-18(24)12-4-1-2-5-13(12)19(22)25/h1-3,6-10,12-13H,4-5H2,(H,21,23). The van der Waals surface area contributed by atoms with E-state index in [1.54, 1.807) is 30.3 Å². The first-order chi connectivity index (χ1) is 12.6. The lowest BCUT2D eigenvalue weighted by Gasteiger charge is -2.16. The molecule has 1 N–H and O–H groups in total. The van der Waals surface area contributed by atoms with E-state index in [4.69, 9.17) is 11.6 Å². The van der Waals surface area contributed by atoms with Gasteiger partial charge in [0.1, 0.15) is 0 Å². The zero-order chi connectivity index (χ0) is 18.3. The maximum atomic E-state index is 12.6. The number of hydrogen-bond acceptors (Lipinski definition) is 4. The van der Waals surface area contributed by atoms with Gasteiger partial charge in [0.15, 0.2) is 0 Å². The molecule has 132 valence electrons. The van der Waals surface area contributed by atoms with Gasteiger partial charge in [0.25, 0.3) is 5.91 Å². The van der Waals surface area contributed by atoms with E-state index in [2.05, 4.69) is 5.32 Å². The quantitative estimate of drug-likeness (QED) is 0.637. The molecule has 0 radical (unpaired) electrons. The predicted molar refractivity (Wildman–Crippen MR) is 102 cm³/mol. The third kappa shape index (κ3) is 2.85. The number of hydrogen-bond donors (Lipinski definition) is 1. The Morgan fingerprint density at radius 3 is 2.38 bits per heavy atom. The molecule has 0 saturated carbocycles. The van der Waals surface area contributed by atoms with Gasteiger partial charge in [-0.15, -0.1) is 11.3 Å². The number of halogens is 1. The van der Waals surface area contributed by atoms with Crippen molar-refractivity contribution < 1.29 is 14.4 Å². The molecule has 1 aliphatic heterocycles. The van der Waals surface area contributed by atoms with Crippen molar-refractivity contribution in [2.24, 2.45) is 11.8 Å². The molecule has 2 unspecified atom stereocenters. The van der Waals surface area contributed by atoms with E-state index in [1.165, 1.54) is 16.2 Å². The minimum absolute atomic E-state index is 0.184. The second-order valence-electron chi connectivity index (χ2n) is 6.26. The van der Waals surface area contributed by atoms with Crippen molar-refractivity contribution in [3.05, 3.63) is 57.8 Å². The van der Waals surface area contributed by atoms with E-state index in [0.717, 1.165) is 0 Å². The van der Waals surface area contributed by atoms with Crippen LogP contribution < -0.4 is 10.2 Å². The maximum Gasteiger partial charge on any atom is 0.265 e. The van der Waals surface area contributed by atoms with Gasteiger partial charge >= 0.3 is 0 Å². The number of nitrogens with one attached hydrogen (secondary N) is 1. The van der Waals surface area contributed by atoms with Crippen LogP contribution in [0.25, 0.3) is 0 Å². The van der Waals surface area contributed by atoms with E-state index in [9.17, 15) is 14.4 Å². The smallest absolute Gasteiger partial charge is 0.265 e. The average molecular weight is 387 g/mol. The monoisotopic (exact) mass is 386 g/mol. The van der Waals surface area contributed by atoms with Crippen LogP contribution in [0.1, 0.15) is 22.5 Å². The molecule has 0 spiro atoms. The second kappa shape index (κ2) is 6.70. The van der Waals surface area contributed by atoms with Gasteiger partial charge in [-0.05, 0) is 42.5 Å².